The molecule has 1 amide bonds. The molecule has 21 heavy (non-hydrogen) atoms. The summed E-state index contributed by atoms with van der Waals surface area (Å²) < 4.78 is 5.52. The van der Waals surface area contributed by atoms with E-state index in [9.17, 15) is 4.79 Å². The van der Waals surface area contributed by atoms with Crippen LogP contribution in [0.3, 0.4) is 0 Å². The van der Waals surface area contributed by atoms with Crippen molar-refractivity contribution in [3.8, 4) is 0 Å². The molecule has 1 saturated heterocycles. The van der Waals surface area contributed by atoms with Gasteiger partial charge in [0.2, 0.25) is 5.91 Å². The van der Waals surface area contributed by atoms with Crippen LogP contribution in [0.5, 0.6) is 0 Å². The van der Waals surface area contributed by atoms with Gasteiger partial charge in [0.05, 0.1) is 19.3 Å². The maximum atomic E-state index is 12.6. The molecular weight excluding hydrogens is 264 g/mol. The van der Waals surface area contributed by atoms with Gasteiger partial charge in [0, 0.05) is 24.8 Å². The highest BCUT2D eigenvalue weighted by Crippen LogP contribution is 2.30. The zero-order chi connectivity index (χ0) is 14.8. The number of benzene rings is 1. The molecular formula is C17H24N2O2. The van der Waals surface area contributed by atoms with Gasteiger partial charge in [-0.3, -0.25) is 4.79 Å². The minimum Gasteiger partial charge on any atom is -0.375 e. The number of fused-ring (bicyclic) bond motifs is 1. The number of carbonyl (C=O) groups is 1. The van der Waals surface area contributed by atoms with E-state index in [0.29, 0.717) is 32.3 Å². The molecule has 4 heteroatoms. The van der Waals surface area contributed by atoms with E-state index in [-0.39, 0.29) is 12.0 Å². The number of ether oxygens (including phenoxy) is 1. The van der Waals surface area contributed by atoms with Crippen LogP contribution in [0, 0.1) is 0 Å². The second kappa shape index (κ2) is 6.06. The average molecular weight is 288 g/mol. The molecule has 0 N–H and O–H groups in total. The van der Waals surface area contributed by atoms with Crippen molar-refractivity contribution in [2.75, 3.05) is 31.1 Å². The predicted molar refractivity (Wildman–Crippen MR) is 83.6 cm³/mol. The molecule has 2 heterocycles. The Balaban J connectivity index is 1.73. The van der Waals surface area contributed by atoms with E-state index in [1.54, 1.807) is 0 Å². The molecule has 0 radical (unpaired) electrons. The highest BCUT2D eigenvalue weighted by Gasteiger charge is 2.28. The SMILES string of the molecule is C[C@H]1CN(C(=O)CN2c3ccccc3CC[C@@H]2C)CCO1. The van der Waals surface area contributed by atoms with Crippen molar-refractivity contribution in [1.82, 2.24) is 4.90 Å². The third-order valence-corrected chi connectivity index (χ3v) is 4.56. The van der Waals surface area contributed by atoms with E-state index >= 15 is 0 Å². The van der Waals surface area contributed by atoms with Gasteiger partial charge in [-0.05, 0) is 38.3 Å². The lowest BCUT2D eigenvalue weighted by Gasteiger charge is -2.39. The largest absolute Gasteiger partial charge is 0.375 e. The van der Waals surface area contributed by atoms with Crippen LogP contribution in [0.2, 0.25) is 0 Å². The molecule has 2 aliphatic rings. The van der Waals surface area contributed by atoms with Crippen molar-refractivity contribution in [3.63, 3.8) is 0 Å². The van der Waals surface area contributed by atoms with E-state index in [1.165, 1.54) is 11.3 Å². The summed E-state index contributed by atoms with van der Waals surface area (Å²) in [6, 6.07) is 8.88. The first-order valence-corrected chi connectivity index (χ1v) is 7.89. The van der Waals surface area contributed by atoms with Crippen LogP contribution in [-0.4, -0.2) is 49.2 Å². The molecule has 0 unspecified atom stereocenters. The first-order valence-electron chi connectivity index (χ1n) is 7.89. The molecule has 2 aliphatic heterocycles. The molecule has 1 fully saturated rings. The van der Waals surface area contributed by atoms with Crippen LogP contribution >= 0.6 is 0 Å². The van der Waals surface area contributed by atoms with E-state index in [2.05, 4.69) is 36.1 Å². The second-order valence-corrected chi connectivity index (χ2v) is 6.17. The summed E-state index contributed by atoms with van der Waals surface area (Å²) in [5, 5.41) is 0. The zero-order valence-electron chi connectivity index (χ0n) is 12.9. The molecule has 0 saturated carbocycles. The number of aryl methyl sites for hydroxylation is 1. The number of hydrogen-bond acceptors (Lipinski definition) is 3. The van der Waals surface area contributed by atoms with E-state index in [0.717, 1.165) is 12.8 Å². The van der Waals surface area contributed by atoms with Crippen molar-refractivity contribution >= 4 is 11.6 Å². The maximum absolute atomic E-state index is 12.6. The van der Waals surface area contributed by atoms with Crippen molar-refractivity contribution in [1.29, 1.82) is 0 Å². The zero-order valence-corrected chi connectivity index (χ0v) is 12.9. The normalized spacial score (nSPS) is 25.6. The van der Waals surface area contributed by atoms with Gasteiger partial charge in [-0.15, -0.1) is 0 Å². The van der Waals surface area contributed by atoms with Gasteiger partial charge in [0.25, 0.3) is 0 Å². The Morgan fingerprint density at radius 2 is 2.14 bits per heavy atom. The van der Waals surface area contributed by atoms with Crippen molar-refractivity contribution in [2.24, 2.45) is 0 Å². The molecule has 2 atom stereocenters. The van der Waals surface area contributed by atoms with Crippen LogP contribution < -0.4 is 4.90 Å². The summed E-state index contributed by atoms with van der Waals surface area (Å²) in [5.74, 6) is 0.216. The molecule has 1 aromatic carbocycles. The number of hydrogen-bond donors (Lipinski definition) is 0. The highest BCUT2D eigenvalue weighted by atomic mass is 16.5. The Morgan fingerprint density at radius 1 is 1.33 bits per heavy atom. The first-order chi connectivity index (χ1) is 10.1. The topological polar surface area (TPSA) is 32.8 Å². The molecule has 114 valence electrons. The van der Waals surface area contributed by atoms with Crippen molar-refractivity contribution < 1.29 is 9.53 Å². The fourth-order valence-corrected chi connectivity index (χ4v) is 3.29. The Labute approximate surface area is 126 Å². The Kier molecular flexibility index (Phi) is 4.15. The molecule has 0 aromatic heterocycles. The number of rotatable bonds is 2. The summed E-state index contributed by atoms with van der Waals surface area (Å²) >= 11 is 0. The summed E-state index contributed by atoms with van der Waals surface area (Å²) in [5.41, 5.74) is 2.59. The Bertz CT molecular complexity index is 517. The van der Waals surface area contributed by atoms with Gasteiger partial charge in [0.1, 0.15) is 0 Å². The lowest BCUT2D eigenvalue weighted by Crippen LogP contribution is -2.50. The Hall–Kier alpha value is -1.55. The predicted octanol–water partition coefficient (Wildman–Crippen LogP) is 2.07. The number of anilines is 1. The number of nitrogens with zero attached hydrogens (tertiary/aromatic N) is 2. The monoisotopic (exact) mass is 288 g/mol. The summed E-state index contributed by atoms with van der Waals surface area (Å²) in [4.78, 5) is 16.8. The van der Waals surface area contributed by atoms with Crippen LogP contribution in [-0.2, 0) is 16.0 Å². The standard InChI is InChI=1S/C17H24N2O2/c1-13-7-8-15-5-3-4-6-16(15)19(13)12-17(20)18-9-10-21-14(2)11-18/h3-6,13-14H,7-12H2,1-2H3/t13-,14-/m0/s1. The molecule has 1 aromatic rings. The van der Waals surface area contributed by atoms with Crippen LogP contribution in [0.1, 0.15) is 25.8 Å². The number of para-hydroxylation sites is 1. The van der Waals surface area contributed by atoms with Gasteiger partial charge < -0.3 is 14.5 Å². The van der Waals surface area contributed by atoms with Gasteiger partial charge in [-0.1, -0.05) is 18.2 Å². The molecule has 4 nitrogen and oxygen atoms in total. The van der Waals surface area contributed by atoms with Gasteiger partial charge in [0.15, 0.2) is 0 Å². The van der Waals surface area contributed by atoms with Gasteiger partial charge >= 0.3 is 0 Å². The van der Waals surface area contributed by atoms with E-state index < -0.39 is 0 Å². The van der Waals surface area contributed by atoms with E-state index in [4.69, 9.17) is 4.74 Å². The molecule has 0 aliphatic carbocycles. The van der Waals surface area contributed by atoms with Crippen molar-refractivity contribution in [3.05, 3.63) is 29.8 Å². The minimum absolute atomic E-state index is 0.147. The van der Waals surface area contributed by atoms with Gasteiger partial charge in [-0.2, -0.15) is 0 Å². The fourth-order valence-electron chi connectivity index (χ4n) is 3.29. The van der Waals surface area contributed by atoms with Crippen LogP contribution in [0.4, 0.5) is 5.69 Å². The lowest BCUT2D eigenvalue weighted by molar-refractivity contribution is -0.136. The summed E-state index contributed by atoms with van der Waals surface area (Å²) in [7, 11) is 0. The quantitative estimate of drug-likeness (QED) is 0.835. The van der Waals surface area contributed by atoms with Crippen LogP contribution in [0.25, 0.3) is 0 Å². The number of morpholine rings is 1. The summed E-state index contributed by atoms with van der Waals surface area (Å²) in [6.45, 7) is 6.79. The third kappa shape index (κ3) is 3.05. The third-order valence-electron chi connectivity index (χ3n) is 4.56. The smallest absolute Gasteiger partial charge is 0.242 e. The number of amides is 1. The Morgan fingerprint density at radius 3 is 2.95 bits per heavy atom. The first kappa shape index (κ1) is 14.4. The molecule has 3 rings (SSSR count). The highest BCUT2D eigenvalue weighted by molar-refractivity contribution is 5.82. The molecule has 0 bridgehead atoms. The number of carbonyl (C=O) groups excluding carboxylic acids is 1. The van der Waals surface area contributed by atoms with Crippen molar-refractivity contribution in [2.45, 2.75) is 38.8 Å². The van der Waals surface area contributed by atoms with Gasteiger partial charge in [-0.25, -0.2) is 0 Å². The fraction of sp³-hybridized carbons (Fsp3) is 0.588. The second-order valence-electron chi connectivity index (χ2n) is 6.17. The maximum Gasteiger partial charge on any atom is 0.242 e. The lowest BCUT2D eigenvalue weighted by atomic mass is 9.96. The average Bonchev–Trinajstić information content (AvgIpc) is 2.50. The van der Waals surface area contributed by atoms with E-state index in [1.807, 2.05) is 11.8 Å². The van der Waals surface area contributed by atoms with Crippen LogP contribution in [0.15, 0.2) is 24.3 Å². The molecule has 0 spiro atoms. The summed E-state index contributed by atoms with van der Waals surface area (Å²) in [6.07, 6.45) is 2.37. The minimum atomic E-state index is 0.147.